The molecule has 3 rings (SSSR count). The molecule has 5 nitrogen and oxygen atoms in total. The van der Waals surface area contributed by atoms with Gasteiger partial charge >= 0.3 is 0 Å². The monoisotopic (exact) mass is 334 g/mol. The highest BCUT2D eigenvalue weighted by atomic mass is 35.5. The van der Waals surface area contributed by atoms with E-state index in [1.54, 1.807) is 10.9 Å². The highest BCUT2D eigenvalue weighted by Crippen LogP contribution is 2.28. The Bertz CT molecular complexity index is 415. The van der Waals surface area contributed by atoms with Gasteiger partial charge in [0.05, 0.1) is 0 Å². The number of halogens is 2. The first-order valence-corrected chi connectivity index (χ1v) is 7.30. The Hall–Kier alpha value is -0.780. The zero-order valence-corrected chi connectivity index (χ0v) is 13.7. The van der Waals surface area contributed by atoms with E-state index in [0.29, 0.717) is 12.6 Å². The van der Waals surface area contributed by atoms with Crippen LogP contribution in [-0.2, 0) is 11.3 Å². The van der Waals surface area contributed by atoms with E-state index in [4.69, 9.17) is 0 Å². The van der Waals surface area contributed by atoms with Crippen molar-refractivity contribution in [1.29, 1.82) is 0 Å². The Morgan fingerprint density at radius 3 is 2.48 bits per heavy atom. The predicted molar refractivity (Wildman–Crippen MR) is 87.1 cm³/mol. The van der Waals surface area contributed by atoms with Crippen LogP contribution in [0.25, 0.3) is 0 Å². The molecule has 2 heterocycles. The van der Waals surface area contributed by atoms with E-state index in [0.717, 1.165) is 31.8 Å². The molecule has 0 radical (unpaired) electrons. The lowest BCUT2D eigenvalue weighted by Crippen LogP contribution is -2.46. The maximum atomic E-state index is 12.1. The first kappa shape index (κ1) is 18.3. The molecule has 1 aliphatic carbocycles. The normalized spacial score (nSPS) is 18.8. The average Bonchev–Trinajstić information content (AvgIpc) is 3.13. The average molecular weight is 335 g/mol. The molecule has 7 heteroatoms. The van der Waals surface area contributed by atoms with Gasteiger partial charge in [0.15, 0.2) is 0 Å². The van der Waals surface area contributed by atoms with E-state index >= 15 is 0 Å². The highest BCUT2D eigenvalue weighted by Gasteiger charge is 2.25. The highest BCUT2D eigenvalue weighted by molar-refractivity contribution is 5.85. The third kappa shape index (κ3) is 5.49. The summed E-state index contributed by atoms with van der Waals surface area (Å²) in [5.41, 5.74) is 0. The van der Waals surface area contributed by atoms with Crippen LogP contribution in [0.1, 0.15) is 25.7 Å². The summed E-state index contributed by atoms with van der Waals surface area (Å²) in [6, 6.07) is 2.45. The minimum atomic E-state index is 0. The third-order valence-corrected chi connectivity index (χ3v) is 4.10. The number of amides is 1. The number of hydrogen-bond acceptors (Lipinski definition) is 3. The number of likely N-dealkylation sites (tertiary alicyclic amines) is 1. The van der Waals surface area contributed by atoms with Gasteiger partial charge in [-0.1, -0.05) is 0 Å². The molecule has 0 bridgehead atoms. The summed E-state index contributed by atoms with van der Waals surface area (Å²) >= 11 is 0. The Morgan fingerprint density at radius 2 is 1.90 bits per heavy atom. The smallest absolute Gasteiger partial charge is 0.244 e. The molecule has 0 spiro atoms. The summed E-state index contributed by atoms with van der Waals surface area (Å²) in [7, 11) is 0. The molecule has 1 saturated heterocycles. The lowest BCUT2D eigenvalue weighted by molar-refractivity contribution is -0.133. The number of nitrogens with zero attached hydrogens (tertiary/aromatic N) is 3. The third-order valence-electron chi connectivity index (χ3n) is 4.10. The predicted octanol–water partition coefficient (Wildman–Crippen LogP) is 1.72. The lowest BCUT2D eigenvalue weighted by Gasteiger charge is -2.32. The molecule has 2 aliphatic rings. The van der Waals surface area contributed by atoms with Crippen molar-refractivity contribution >= 4 is 30.7 Å². The van der Waals surface area contributed by atoms with Crippen LogP contribution in [0.3, 0.4) is 0 Å². The second-order valence-corrected chi connectivity index (χ2v) is 5.71. The minimum Gasteiger partial charge on any atom is -0.341 e. The van der Waals surface area contributed by atoms with Crippen LogP contribution in [0.5, 0.6) is 0 Å². The number of rotatable bonds is 5. The Morgan fingerprint density at radius 1 is 1.19 bits per heavy atom. The first-order valence-electron chi connectivity index (χ1n) is 7.30. The van der Waals surface area contributed by atoms with Crippen molar-refractivity contribution in [3.63, 3.8) is 0 Å². The second kappa shape index (κ2) is 8.61. The Balaban J connectivity index is 0.00000110. The molecule has 1 saturated carbocycles. The van der Waals surface area contributed by atoms with Gasteiger partial charge in [-0.3, -0.25) is 9.48 Å². The fraction of sp³-hybridized carbons (Fsp3) is 0.714. The molecule has 1 aromatic heterocycles. The van der Waals surface area contributed by atoms with Crippen molar-refractivity contribution in [1.82, 2.24) is 20.0 Å². The first-order chi connectivity index (χ1) is 9.31. The van der Waals surface area contributed by atoms with Crippen molar-refractivity contribution in [3.8, 4) is 0 Å². The number of nitrogens with one attached hydrogen (secondary N) is 1. The van der Waals surface area contributed by atoms with Crippen LogP contribution in [0, 0.1) is 5.92 Å². The summed E-state index contributed by atoms with van der Waals surface area (Å²) in [6.07, 6.45) is 8.50. The van der Waals surface area contributed by atoms with Gasteiger partial charge in [-0.2, -0.15) is 5.10 Å². The Kier molecular flexibility index (Phi) is 7.49. The molecule has 2 fully saturated rings. The minimum absolute atomic E-state index is 0. The van der Waals surface area contributed by atoms with E-state index in [1.165, 1.54) is 19.4 Å². The maximum absolute atomic E-state index is 12.1. The molecular weight excluding hydrogens is 311 g/mol. The molecule has 0 atom stereocenters. The molecule has 1 aromatic rings. The van der Waals surface area contributed by atoms with Crippen LogP contribution in [0.4, 0.5) is 0 Å². The molecule has 1 aliphatic heterocycles. The molecule has 1 N–H and O–H groups in total. The van der Waals surface area contributed by atoms with E-state index < -0.39 is 0 Å². The molecular formula is C14H24Cl2N4O. The fourth-order valence-electron chi connectivity index (χ4n) is 2.62. The molecule has 0 unspecified atom stereocenters. The van der Waals surface area contributed by atoms with Crippen LogP contribution in [0.2, 0.25) is 0 Å². The van der Waals surface area contributed by atoms with Gasteiger partial charge in [-0.05, 0) is 44.2 Å². The van der Waals surface area contributed by atoms with Gasteiger partial charge in [-0.25, -0.2) is 0 Å². The fourth-order valence-corrected chi connectivity index (χ4v) is 2.62. The maximum Gasteiger partial charge on any atom is 0.244 e. The molecule has 21 heavy (non-hydrogen) atoms. The van der Waals surface area contributed by atoms with Crippen LogP contribution < -0.4 is 5.32 Å². The number of hydrogen-bond donors (Lipinski definition) is 1. The Labute approximate surface area is 138 Å². The van der Waals surface area contributed by atoms with E-state index in [-0.39, 0.29) is 30.7 Å². The van der Waals surface area contributed by atoms with Gasteiger partial charge in [0.2, 0.25) is 5.91 Å². The topological polar surface area (TPSA) is 50.2 Å². The van der Waals surface area contributed by atoms with Crippen molar-refractivity contribution < 1.29 is 4.79 Å². The lowest BCUT2D eigenvalue weighted by atomic mass is 10.0. The van der Waals surface area contributed by atoms with Crippen LogP contribution in [0.15, 0.2) is 18.5 Å². The van der Waals surface area contributed by atoms with Gasteiger partial charge in [-0.15, -0.1) is 24.8 Å². The van der Waals surface area contributed by atoms with Crippen molar-refractivity contribution in [2.45, 2.75) is 38.3 Å². The molecule has 120 valence electrons. The second-order valence-electron chi connectivity index (χ2n) is 5.71. The van der Waals surface area contributed by atoms with Crippen molar-refractivity contribution in [2.24, 2.45) is 5.92 Å². The SMILES string of the molecule is Cl.Cl.O=C(Cn1cccn1)N1CCC(NCC2CC2)CC1. The van der Waals surface area contributed by atoms with Crippen LogP contribution >= 0.6 is 24.8 Å². The summed E-state index contributed by atoms with van der Waals surface area (Å²) in [6.45, 7) is 3.30. The van der Waals surface area contributed by atoms with Gasteiger partial charge in [0, 0.05) is 31.5 Å². The van der Waals surface area contributed by atoms with Crippen molar-refractivity contribution in [2.75, 3.05) is 19.6 Å². The zero-order valence-electron chi connectivity index (χ0n) is 12.1. The summed E-state index contributed by atoms with van der Waals surface area (Å²) in [4.78, 5) is 14.1. The number of carbonyl (C=O) groups is 1. The summed E-state index contributed by atoms with van der Waals surface area (Å²) in [5.74, 6) is 1.11. The number of carbonyl (C=O) groups excluding carboxylic acids is 1. The number of aromatic nitrogens is 2. The molecule has 1 amide bonds. The van der Waals surface area contributed by atoms with Gasteiger partial charge in [0.25, 0.3) is 0 Å². The standard InChI is InChI=1S/C14H22N4O.2ClH/c19-14(11-18-7-1-6-16-18)17-8-4-13(5-9-17)15-10-12-2-3-12;;/h1,6-7,12-13,15H,2-5,8-11H2;2*1H. The van der Waals surface area contributed by atoms with Gasteiger partial charge in [0.1, 0.15) is 6.54 Å². The largest absolute Gasteiger partial charge is 0.341 e. The van der Waals surface area contributed by atoms with E-state index in [2.05, 4.69) is 10.4 Å². The quantitative estimate of drug-likeness (QED) is 0.891. The number of piperidine rings is 1. The summed E-state index contributed by atoms with van der Waals surface area (Å²) in [5, 5.41) is 7.71. The zero-order chi connectivity index (χ0) is 13.1. The van der Waals surface area contributed by atoms with Crippen LogP contribution in [-0.4, -0.2) is 46.3 Å². The molecule has 0 aromatic carbocycles. The summed E-state index contributed by atoms with van der Waals surface area (Å²) < 4.78 is 1.69. The van der Waals surface area contributed by atoms with E-state index in [1.807, 2.05) is 17.2 Å². The van der Waals surface area contributed by atoms with E-state index in [9.17, 15) is 4.79 Å². The van der Waals surface area contributed by atoms with Gasteiger partial charge < -0.3 is 10.2 Å². The van der Waals surface area contributed by atoms with Crippen molar-refractivity contribution in [3.05, 3.63) is 18.5 Å².